The molecule has 0 saturated carbocycles. The van der Waals surface area contributed by atoms with Crippen LogP contribution in [0, 0.1) is 0 Å². The summed E-state index contributed by atoms with van der Waals surface area (Å²) in [5.41, 5.74) is 0.887. The third-order valence-corrected chi connectivity index (χ3v) is 6.09. The maximum atomic E-state index is 12.3. The van der Waals surface area contributed by atoms with Gasteiger partial charge in [-0.2, -0.15) is 9.97 Å². The lowest BCUT2D eigenvalue weighted by atomic mass is 10.1. The number of nitrogens with zero attached hydrogens (tertiary/aromatic N) is 5. The van der Waals surface area contributed by atoms with Gasteiger partial charge in [0.1, 0.15) is 0 Å². The number of primary sulfonamides is 1. The van der Waals surface area contributed by atoms with Crippen LogP contribution < -0.4 is 21.1 Å². The van der Waals surface area contributed by atoms with Gasteiger partial charge in [-0.15, -0.1) is 10.2 Å². The Labute approximate surface area is 189 Å². The number of amides is 1. The third-order valence-electron chi connectivity index (χ3n) is 4.24. The van der Waals surface area contributed by atoms with Gasteiger partial charge in [-0.1, -0.05) is 23.9 Å². The summed E-state index contributed by atoms with van der Waals surface area (Å²) in [6, 6.07) is 6.24. The lowest BCUT2D eigenvalue weighted by molar-refractivity contribution is -0.118. The van der Waals surface area contributed by atoms with E-state index in [4.69, 9.17) is 5.14 Å². The molecule has 0 aliphatic rings. The Morgan fingerprint density at radius 2 is 1.81 bits per heavy atom. The van der Waals surface area contributed by atoms with Gasteiger partial charge >= 0.3 is 0 Å². The van der Waals surface area contributed by atoms with Gasteiger partial charge in [0.05, 0.1) is 10.6 Å². The van der Waals surface area contributed by atoms with Crippen molar-refractivity contribution >= 4 is 45.4 Å². The molecular weight excluding hydrogens is 454 g/mol. The van der Waals surface area contributed by atoms with E-state index < -0.39 is 10.0 Å². The van der Waals surface area contributed by atoms with E-state index >= 15 is 0 Å². The van der Waals surface area contributed by atoms with E-state index in [1.165, 1.54) is 23.9 Å². The van der Waals surface area contributed by atoms with Crippen LogP contribution in [0.4, 0.5) is 11.9 Å². The molecule has 0 aliphatic heterocycles. The van der Waals surface area contributed by atoms with Gasteiger partial charge in [0, 0.05) is 19.6 Å². The molecule has 1 amide bonds. The van der Waals surface area contributed by atoms with E-state index in [9.17, 15) is 13.2 Å². The van der Waals surface area contributed by atoms with Crippen molar-refractivity contribution in [1.29, 1.82) is 0 Å². The quantitative estimate of drug-likeness (QED) is 0.284. The topological polar surface area (TPSA) is 169 Å². The number of fused-ring (bicyclic) bond motifs is 1. The lowest BCUT2D eigenvalue weighted by Gasteiger charge is -2.09. The number of hydrogen-bond acceptors (Lipinski definition) is 10. The van der Waals surface area contributed by atoms with Crippen molar-refractivity contribution < 1.29 is 13.2 Å². The van der Waals surface area contributed by atoms with Crippen LogP contribution in [0.2, 0.25) is 0 Å². The molecule has 172 valence electrons. The van der Waals surface area contributed by atoms with Gasteiger partial charge in [-0.3, -0.25) is 4.79 Å². The van der Waals surface area contributed by atoms with E-state index in [1.54, 1.807) is 16.5 Å². The number of nitrogens with one attached hydrogen (secondary N) is 3. The molecule has 0 bridgehead atoms. The molecule has 0 aliphatic carbocycles. The van der Waals surface area contributed by atoms with Crippen LogP contribution in [0.3, 0.4) is 0 Å². The highest BCUT2D eigenvalue weighted by Gasteiger charge is 2.15. The van der Waals surface area contributed by atoms with E-state index in [0.29, 0.717) is 48.9 Å². The molecule has 0 unspecified atom stereocenters. The molecule has 5 N–H and O–H groups in total. The van der Waals surface area contributed by atoms with Crippen LogP contribution in [-0.2, 0) is 21.2 Å². The van der Waals surface area contributed by atoms with E-state index in [-0.39, 0.29) is 16.6 Å². The Hall–Kier alpha value is -2.97. The summed E-state index contributed by atoms with van der Waals surface area (Å²) in [6.45, 7) is 5.64. The monoisotopic (exact) mass is 479 g/mol. The molecule has 0 atom stereocenters. The molecule has 1 aromatic carbocycles. The number of sulfonamides is 1. The summed E-state index contributed by atoms with van der Waals surface area (Å²) in [4.78, 5) is 21.1. The Morgan fingerprint density at radius 1 is 1.09 bits per heavy atom. The second kappa shape index (κ2) is 10.6. The Kier molecular flexibility index (Phi) is 7.82. The van der Waals surface area contributed by atoms with Crippen LogP contribution in [0.1, 0.15) is 19.4 Å². The fourth-order valence-electron chi connectivity index (χ4n) is 2.77. The van der Waals surface area contributed by atoms with Crippen molar-refractivity contribution in [3.05, 3.63) is 29.8 Å². The van der Waals surface area contributed by atoms with Gasteiger partial charge in [0.2, 0.25) is 27.8 Å². The minimum Gasteiger partial charge on any atom is -0.355 e. The molecule has 3 rings (SSSR count). The summed E-state index contributed by atoms with van der Waals surface area (Å²) in [6.07, 6.45) is 0.556. The third kappa shape index (κ3) is 6.05. The minimum atomic E-state index is -3.71. The van der Waals surface area contributed by atoms with Crippen molar-refractivity contribution in [3.63, 3.8) is 0 Å². The molecule has 2 aromatic heterocycles. The van der Waals surface area contributed by atoms with Gasteiger partial charge < -0.3 is 16.0 Å². The second-order valence-corrected chi connectivity index (χ2v) is 9.13. The zero-order chi connectivity index (χ0) is 23.1. The first-order valence-electron chi connectivity index (χ1n) is 9.94. The zero-order valence-electron chi connectivity index (χ0n) is 17.7. The molecule has 2 heterocycles. The van der Waals surface area contributed by atoms with E-state index in [1.807, 2.05) is 13.8 Å². The highest BCUT2D eigenvalue weighted by molar-refractivity contribution is 7.99. The first-order chi connectivity index (χ1) is 15.3. The van der Waals surface area contributed by atoms with Gasteiger partial charge in [-0.25, -0.2) is 18.0 Å². The summed E-state index contributed by atoms with van der Waals surface area (Å²) in [5, 5.41) is 22.9. The zero-order valence-corrected chi connectivity index (χ0v) is 19.3. The molecule has 0 spiro atoms. The fraction of sp³-hybridized carbons (Fsp3) is 0.389. The fourth-order valence-corrected chi connectivity index (χ4v) is 4.04. The minimum absolute atomic E-state index is 0.0562. The molecule has 14 heteroatoms. The van der Waals surface area contributed by atoms with Crippen LogP contribution in [0.5, 0.6) is 0 Å². The van der Waals surface area contributed by atoms with Crippen molar-refractivity contribution in [3.8, 4) is 0 Å². The van der Waals surface area contributed by atoms with Gasteiger partial charge in [0.15, 0.2) is 5.16 Å². The van der Waals surface area contributed by atoms with Crippen molar-refractivity contribution in [2.45, 2.75) is 30.3 Å². The van der Waals surface area contributed by atoms with Crippen LogP contribution in [0.15, 0.2) is 34.3 Å². The number of carbonyl (C=O) groups excluding carboxylic acids is 1. The standard InChI is InChI=1S/C18H25N9O3S2/c1-3-20-15-23-16(21-4-2)27-17(24-15)25-26-18(27)31-11-14(28)22-10-9-12-5-7-13(8-6-12)32(19,29)30/h5-8H,3-4,9-11H2,1-2H3,(H,22,28)(H2,19,29,30)(H2,20,21,23,24,25). The first-order valence-corrected chi connectivity index (χ1v) is 12.5. The van der Waals surface area contributed by atoms with Crippen LogP contribution in [-0.4, -0.2) is 64.3 Å². The average Bonchev–Trinajstić information content (AvgIpc) is 3.16. The number of benzene rings is 1. The number of nitrogens with two attached hydrogens (primary N) is 1. The molecule has 0 fully saturated rings. The van der Waals surface area contributed by atoms with Crippen molar-refractivity contribution in [2.75, 3.05) is 36.0 Å². The van der Waals surface area contributed by atoms with Crippen LogP contribution in [0.25, 0.3) is 5.78 Å². The van der Waals surface area contributed by atoms with E-state index in [2.05, 4.69) is 36.1 Å². The Morgan fingerprint density at radius 3 is 2.47 bits per heavy atom. The van der Waals surface area contributed by atoms with E-state index in [0.717, 1.165) is 5.56 Å². The summed E-state index contributed by atoms with van der Waals surface area (Å²) in [7, 11) is -3.71. The molecular formula is C18H25N9O3S2. The van der Waals surface area contributed by atoms with Crippen molar-refractivity contribution in [1.82, 2.24) is 29.9 Å². The number of anilines is 2. The van der Waals surface area contributed by atoms with Gasteiger partial charge in [0.25, 0.3) is 5.78 Å². The predicted molar refractivity (Wildman–Crippen MR) is 122 cm³/mol. The maximum Gasteiger partial charge on any atom is 0.261 e. The highest BCUT2D eigenvalue weighted by atomic mass is 32.2. The smallest absolute Gasteiger partial charge is 0.261 e. The first kappa shape index (κ1) is 23.7. The normalized spacial score (nSPS) is 11.5. The molecule has 0 saturated heterocycles. The van der Waals surface area contributed by atoms with Crippen LogP contribution >= 0.6 is 11.8 Å². The molecule has 3 aromatic rings. The molecule has 12 nitrogen and oxygen atoms in total. The molecule has 32 heavy (non-hydrogen) atoms. The SMILES string of the molecule is CCNc1nc(NCC)n2c(SCC(=O)NCCc3ccc(S(N)(=O)=O)cc3)nnc2n1. The van der Waals surface area contributed by atoms with Crippen molar-refractivity contribution in [2.24, 2.45) is 5.14 Å². The summed E-state index contributed by atoms with van der Waals surface area (Å²) in [5.74, 6) is 1.37. The maximum absolute atomic E-state index is 12.3. The predicted octanol–water partition coefficient (Wildman–Crippen LogP) is 0.481. The largest absolute Gasteiger partial charge is 0.355 e. The number of thioether (sulfide) groups is 1. The summed E-state index contributed by atoms with van der Waals surface area (Å²) < 4.78 is 24.3. The second-order valence-electron chi connectivity index (χ2n) is 6.63. The lowest BCUT2D eigenvalue weighted by Crippen LogP contribution is -2.27. The number of carbonyl (C=O) groups is 1. The Bertz CT molecular complexity index is 1180. The average molecular weight is 480 g/mol. The Balaban J connectivity index is 1.56. The highest BCUT2D eigenvalue weighted by Crippen LogP contribution is 2.20. The summed E-state index contributed by atoms with van der Waals surface area (Å²) >= 11 is 1.23. The number of rotatable bonds is 11. The number of aromatic nitrogens is 5. The van der Waals surface area contributed by atoms with Gasteiger partial charge in [-0.05, 0) is 38.0 Å². The number of hydrogen-bond donors (Lipinski definition) is 4. The molecule has 0 radical (unpaired) electrons.